The SMILES string of the molecule is COc1cccc(NC(=O)N2C[C@@H](O)COC[C@H]3O[C@H](CC(=O)NC4Cc5ccccc5C4)CC[C@@H]32)c1. The molecule has 0 spiro atoms. The van der Waals surface area contributed by atoms with Gasteiger partial charge in [0.25, 0.3) is 0 Å². The lowest BCUT2D eigenvalue weighted by Gasteiger charge is -2.44. The first-order valence-electron chi connectivity index (χ1n) is 13.0. The summed E-state index contributed by atoms with van der Waals surface area (Å²) in [5.74, 6) is 0.622. The van der Waals surface area contributed by atoms with Crippen molar-refractivity contribution in [2.75, 3.05) is 32.2 Å². The van der Waals surface area contributed by atoms with E-state index in [-0.39, 0.29) is 62.4 Å². The van der Waals surface area contributed by atoms with Crippen LogP contribution in [0.15, 0.2) is 48.5 Å². The van der Waals surface area contributed by atoms with Crippen molar-refractivity contribution in [1.29, 1.82) is 0 Å². The number of hydrogen-bond acceptors (Lipinski definition) is 6. The van der Waals surface area contributed by atoms with Crippen molar-refractivity contribution in [3.8, 4) is 5.75 Å². The third-order valence-corrected chi connectivity index (χ3v) is 7.39. The third kappa shape index (κ3) is 6.23. The predicted octanol–water partition coefficient (Wildman–Crippen LogP) is 2.51. The number of β-amino-alcohol motifs (C(OH)–C–C–N with tert-alkyl or cyclic N) is 1. The van der Waals surface area contributed by atoms with E-state index in [1.807, 2.05) is 12.1 Å². The minimum Gasteiger partial charge on any atom is -0.497 e. The molecule has 5 rings (SSSR count). The summed E-state index contributed by atoms with van der Waals surface area (Å²) in [6, 6.07) is 15.0. The number of amides is 3. The fourth-order valence-electron chi connectivity index (χ4n) is 5.62. The molecule has 0 bridgehead atoms. The van der Waals surface area contributed by atoms with Gasteiger partial charge in [0.2, 0.25) is 5.91 Å². The van der Waals surface area contributed by atoms with Crippen LogP contribution in [0.5, 0.6) is 5.75 Å². The van der Waals surface area contributed by atoms with E-state index in [4.69, 9.17) is 14.2 Å². The molecule has 3 aliphatic rings. The topological polar surface area (TPSA) is 109 Å². The highest BCUT2D eigenvalue weighted by Gasteiger charge is 2.40. The monoisotopic (exact) mass is 509 g/mol. The number of hydrogen-bond donors (Lipinski definition) is 3. The van der Waals surface area contributed by atoms with Gasteiger partial charge in [-0.25, -0.2) is 4.79 Å². The molecule has 2 aromatic rings. The molecule has 1 aliphatic carbocycles. The Morgan fingerprint density at radius 2 is 1.86 bits per heavy atom. The molecule has 2 heterocycles. The molecule has 4 atom stereocenters. The smallest absolute Gasteiger partial charge is 0.322 e. The quantitative estimate of drug-likeness (QED) is 0.572. The van der Waals surface area contributed by atoms with E-state index < -0.39 is 6.10 Å². The second-order valence-electron chi connectivity index (χ2n) is 10.1. The summed E-state index contributed by atoms with van der Waals surface area (Å²) < 4.78 is 17.2. The third-order valence-electron chi connectivity index (χ3n) is 7.39. The summed E-state index contributed by atoms with van der Waals surface area (Å²) >= 11 is 0. The van der Waals surface area contributed by atoms with Crippen LogP contribution < -0.4 is 15.4 Å². The maximum absolute atomic E-state index is 13.3. The Balaban J connectivity index is 1.19. The fraction of sp³-hybridized carbons (Fsp3) is 0.500. The van der Waals surface area contributed by atoms with E-state index in [9.17, 15) is 14.7 Å². The molecule has 0 unspecified atom stereocenters. The van der Waals surface area contributed by atoms with Crippen molar-refractivity contribution in [3.63, 3.8) is 0 Å². The number of aliphatic hydroxyl groups excluding tert-OH is 1. The Morgan fingerprint density at radius 1 is 1.08 bits per heavy atom. The van der Waals surface area contributed by atoms with Crippen LogP contribution in [0, 0.1) is 0 Å². The number of nitrogens with zero attached hydrogens (tertiary/aromatic N) is 1. The molecule has 0 radical (unpaired) electrons. The first kappa shape index (κ1) is 25.5. The summed E-state index contributed by atoms with van der Waals surface area (Å²) in [4.78, 5) is 27.8. The molecule has 9 heteroatoms. The molecule has 9 nitrogen and oxygen atoms in total. The Labute approximate surface area is 217 Å². The maximum Gasteiger partial charge on any atom is 0.322 e. The van der Waals surface area contributed by atoms with Gasteiger partial charge in [0.15, 0.2) is 0 Å². The average molecular weight is 510 g/mol. The van der Waals surface area contributed by atoms with E-state index in [0.29, 0.717) is 24.3 Å². The number of carbonyl (C=O) groups is 2. The van der Waals surface area contributed by atoms with Gasteiger partial charge in [-0.15, -0.1) is 0 Å². The minimum absolute atomic E-state index is 0.0175. The highest BCUT2D eigenvalue weighted by molar-refractivity contribution is 5.90. The summed E-state index contributed by atoms with van der Waals surface area (Å²) in [6.07, 6.45) is 1.84. The number of benzene rings is 2. The zero-order valence-corrected chi connectivity index (χ0v) is 21.1. The lowest BCUT2D eigenvalue weighted by molar-refractivity contribution is -0.150. The standard InChI is InChI=1S/C28H35N3O6/c1-35-23-8-4-7-20(13-23)30-28(34)31-15-22(32)16-36-17-26-25(31)10-9-24(37-26)14-27(33)29-21-11-18-5-2-3-6-19(18)12-21/h2-8,13,21-22,24-26,32H,9-12,14-17H2,1H3,(H,29,33)(H,30,34)/t22-,24+,25+,26-/m1/s1. The lowest BCUT2D eigenvalue weighted by Crippen LogP contribution is -2.58. The van der Waals surface area contributed by atoms with Crippen LogP contribution in [0.4, 0.5) is 10.5 Å². The van der Waals surface area contributed by atoms with Crippen LogP contribution in [-0.2, 0) is 27.1 Å². The van der Waals surface area contributed by atoms with Crippen molar-refractivity contribution in [3.05, 3.63) is 59.7 Å². The molecular weight excluding hydrogens is 474 g/mol. The number of methoxy groups -OCH3 is 1. The van der Waals surface area contributed by atoms with Gasteiger partial charge in [-0.05, 0) is 48.9 Å². The summed E-state index contributed by atoms with van der Waals surface area (Å²) in [6.45, 7) is 0.497. The van der Waals surface area contributed by atoms with Gasteiger partial charge < -0.3 is 34.9 Å². The average Bonchev–Trinajstić information content (AvgIpc) is 3.28. The summed E-state index contributed by atoms with van der Waals surface area (Å²) in [7, 11) is 1.57. The van der Waals surface area contributed by atoms with Crippen LogP contribution in [0.1, 0.15) is 30.4 Å². The van der Waals surface area contributed by atoms with E-state index >= 15 is 0 Å². The molecule has 0 aromatic heterocycles. The largest absolute Gasteiger partial charge is 0.497 e. The molecule has 2 saturated heterocycles. The molecule has 2 aliphatic heterocycles. The first-order chi connectivity index (χ1) is 18.0. The van der Waals surface area contributed by atoms with Gasteiger partial charge in [-0.1, -0.05) is 30.3 Å². The Hall–Kier alpha value is -3.14. The van der Waals surface area contributed by atoms with Gasteiger partial charge in [0.1, 0.15) is 11.9 Å². The second-order valence-corrected chi connectivity index (χ2v) is 10.1. The van der Waals surface area contributed by atoms with E-state index in [2.05, 4.69) is 22.8 Å². The normalized spacial score (nSPS) is 25.8. The molecular formula is C28H35N3O6. The molecule has 2 aromatic carbocycles. The number of fused-ring (bicyclic) bond motifs is 2. The Kier molecular flexibility index (Phi) is 7.93. The zero-order chi connectivity index (χ0) is 25.8. The molecule has 3 amide bonds. The molecule has 0 saturated carbocycles. The van der Waals surface area contributed by atoms with E-state index in [1.54, 1.807) is 36.3 Å². The van der Waals surface area contributed by atoms with Crippen molar-refractivity contribution in [2.24, 2.45) is 0 Å². The number of carbonyl (C=O) groups excluding carboxylic acids is 2. The van der Waals surface area contributed by atoms with Crippen LogP contribution in [-0.4, -0.2) is 79.2 Å². The molecule has 3 N–H and O–H groups in total. The van der Waals surface area contributed by atoms with Crippen molar-refractivity contribution >= 4 is 17.6 Å². The molecule has 37 heavy (non-hydrogen) atoms. The van der Waals surface area contributed by atoms with Gasteiger partial charge in [-0.3, -0.25) is 4.79 Å². The number of rotatable bonds is 5. The predicted molar refractivity (Wildman–Crippen MR) is 138 cm³/mol. The Bertz CT molecular complexity index is 1090. The van der Waals surface area contributed by atoms with E-state index in [1.165, 1.54) is 11.1 Å². The Morgan fingerprint density at radius 3 is 2.62 bits per heavy atom. The maximum atomic E-state index is 13.3. The number of aliphatic hydroxyl groups is 1. The van der Waals surface area contributed by atoms with Crippen molar-refractivity contribution in [1.82, 2.24) is 10.2 Å². The summed E-state index contributed by atoms with van der Waals surface area (Å²) in [5.41, 5.74) is 3.20. The van der Waals surface area contributed by atoms with Crippen molar-refractivity contribution < 1.29 is 28.9 Å². The minimum atomic E-state index is -0.795. The summed E-state index contributed by atoms with van der Waals surface area (Å²) in [5, 5.41) is 16.5. The number of ether oxygens (including phenoxy) is 3. The van der Waals surface area contributed by atoms with Crippen LogP contribution in [0.25, 0.3) is 0 Å². The molecule has 198 valence electrons. The van der Waals surface area contributed by atoms with Crippen LogP contribution in [0.3, 0.4) is 0 Å². The highest BCUT2D eigenvalue weighted by Crippen LogP contribution is 2.29. The second kappa shape index (κ2) is 11.5. The van der Waals surface area contributed by atoms with Crippen LogP contribution >= 0.6 is 0 Å². The lowest BCUT2D eigenvalue weighted by atomic mass is 9.95. The highest BCUT2D eigenvalue weighted by atomic mass is 16.5. The number of nitrogens with one attached hydrogen (secondary N) is 2. The van der Waals surface area contributed by atoms with Gasteiger partial charge >= 0.3 is 6.03 Å². The van der Waals surface area contributed by atoms with Gasteiger partial charge in [-0.2, -0.15) is 0 Å². The number of urea groups is 1. The van der Waals surface area contributed by atoms with Gasteiger partial charge in [0.05, 0.1) is 51.5 Å². The zero-order valence-electron chi connectivity index (χ0n) is 21.1. The first-order valence-corrected chi connectivity index (χ1v) is 13.0. The number of anilines is 1. The molecule has 2 fully saturated rings. The van der Waals surface area contributed by atoms with Gasteiger partial charge in [0, 0.05) is 17.8 Å². The van der Waals surface area contributed by atoms with Crippen LogP contribution in [0.2, 0.25) is 0 Å². The van der Waals surface area contributed by atoms with Crippen molar-refractivity contribution in [2.45, 2.75) is 62.5 Å². The van der Waals surface area contributed by atoms with E-state index in [0.717, 1.165) is 12.8 Å². The fourth-order valence-corrected chi connectivity index (χ4v) is 5.62.